The number of carbonyl (C=O) groups is 2. The van der Waals surface area contributed by atoms with Crippen molar-refractivity contribution in [3.05, 3.63) is 130 Å². The molecule has 264 valence electrons. The molecule has 50 heavy (non-hydrogen) atoms. The topological polar surface area (TPSA) is 113 Å². The number of rotatable bonds is 11. The van der Waals surface area contributed by atoms with Gasteiger partial charge in [-0.25, -0.2) is 0 Å². The van der Waals surface area contributed by atoms with Gasteiger partial charge in [-0.2, -0.15) is 21.6 Å². The monoisotopic (exact) mass is 706 g/mol. The van der Waals surface area contributed by atoms with Crippen molar-refractivity contribution in [2.75, 3.05) is 17.6 Å². The van der Waals surface area contributed by atoms with E-state index in [2.05, 4.69) is 37.5 Å². The summed E-state index contributed by atoms with van der Waals surface area (Å²) >= 11 is 0. The lowest BCUT2D eigenvalue weighted by Crippen LogP contribution is -2.28. The Bertz CT molecular complexity index is 1980. The van der Waals surface area contributed by atoms with Gasteiger partial charge in [0.05, 0.1) is 17.2 Å². The molecule has 0 aliphatic carbocycles. The van der Waals surface area contributed by atoms with Crippen LogP contribution in [0.25, 0.3) is 17.2 Å². The summed E-state index contributed by atoms with van der Waals surface area (Å²) in [7, 11) is -4.23. The average molecular weight is 707 g/mol. The van der Waals surface area contributed by atoms with Gasteiger partial charge in [-0.3, -0.25) is 14.1 Å². The smallest absolute Gasteiger partial charge is 0.351 e. The van der Waals surface area contributed by atoms with Crippen LogP contribution in [0.2, 0.25) is 0 Å². The highest BCUT2D eigenvalue weighted by Crippen LogP contribution is 2.40. The second-order valence-corrected chi connectivity index (χ2v) is 15.0. The minimum Gasteiger partial charge on any atom is -0.351 e. The van der Waals surface area contributed by atoms with Crippen LogP contribution in [0.4, 0.5) is 18.9 Å². The van der Waals surface area contributed by atoms with E-state index in [9.17, 15) is 31.2 Å². The van der Waals surface area contributed by atoms with Crippen LogP contribution in [0.15, 0.2) is 91.0 Å². The average Bonchev–Trinajstić information content (AvgIpc) is 3.02. The summed E-state index contributed by atoms with van der Waals surface area (Å²) in [6, 6.07) is 22.8. The number of anilines is 1. The number of allylic oxidation sites excluding steroid dienone is 1. The van der Waals surface area contributed by atoms with E-state index >= 15 is 0 Å². The Morgan fingerprint density at radius 2 is 1.50 bits per heavy atom. The van der Waals surface area contributed by atoms with Gasteiger partial charge in [0.25, 0.3) is 16.0 Å². The van der Waals surface area contributed by atoms with Crippen molar-refractivity contribution < 1.29 is 35.7 Å². The van der Waals surface area contributed by atoms with Crippen molar-refractivity contribution in [2.45, 2.75) is 53.1 Å². The van der Waals surface area contributed by atoms with Crippen LogP contribution < -0.4 is 10.6 Å². The molecule has 0 radical (unpaired) electrons. The number of halogens is 3. The number of amides is 2. The maximum atomic E-state index is 14.4. The molecule has 7 nitrogen and oxygen atoms in total. The number of benzene rings is 4. The van der Waals surface area contributed by atoms with Gasteiger partial charge in [0.2, 0.25) is 5.91 Å². The zero-order valence-electron chi connectivity index (χ0n) is 28.6. The van der Waals surface area contributed by atoms with E-state index < -0.39 is 45.3 Å². The van der Waals surface area contributed by atoms with Crippen molar-refractivity contribution in [1.82, 2.24) is 5.32 Å². The molecular weight excluding hydrogens is 665 g/mol. The summed E-state index contributed by atoms with van der Waals surface area (Å²) in [6.07, 6.45) is -0.467. The molecule has 0 saturated heterocycles. The minimum atomic E-state index is -4.68. The van der Waals surface area contributed by atoms with E-state index in [1.165, 1.54) is 24.3 Å². The molecule has 0 fully saturated rings. The largest absolute Gasteiger partial charge is 0.417 e. The molecule has 0 heterocycles. The van der Waals surface area contributed by atoms with Crippen molar-refractivity contribution in [3.8, 4) is 11.1 Å². The van der Waals surface area contributed by atoms with Gasteiger partial charge < -0.3 is 10.6 Å². The molecule has 0 bridgehead atoms. The first-order valence-electron chi connectivity index (χ1n) is 16.0. The highest BCUT2D eigenvalue weighted by atomic mass is 32.2. The van der Waals surface area contributed by atoms with Gasteiger partial charge in [0.1, 0.15) is 0 Å². The number of alkyl halides is 3. The molecule has 0 spiro atoms. The van der Waals surface area contributed by atoms with Crippen LogP contribution in [-0.4, -0.2) is 37.1 Å². The fraction of sp³-hybridized carbons (Fsp3) is 0.282. The zero-order chi connectivity index (χ0) is 36.9. The highest BCUT2D eigenvalue weighted by molar-refractivity contribution is 7.85. The van der Waals surface area contributed by atoms with Crippen molar-refractivity contribution in [3.63, 3.8) is 0 Å². The minimum absolute atomic E-state index is 0.00230. The molecule has 1 atom stereocenters. The number of carbonyl (C=O) groups excluding carboxylic acids is 2. The Morgan fingerprint density at radius 1 is 0.860 bits per heavy atom. The lowest BCUT2D eigenvalue weighted by atomic mass is 9.89. The Morgan fingerprint density at radius 3 is 2.08 bits per heavy atom. The Balaban J connectivity index is 1.63. The van der Waals surface area contributed by atoms with Gasteiger partial charge in [-0.15, -0.1) is 0 Å². The maximum absolute atomic E-state index is 14.4. The fourth-order valence-corrected chi connectivity index (χ4v) is 5.77. The molecule has 2 amide bonds. The third-order valence-electron chi connectivity index (χ3n) is 8.00. The first-order valence-corrected chi connectivity index (χ1v) is 17.6. The molecule has 3 N–H and O–H groups in total. The fourth-order valence-electron chi connectivity index (χ4n) is 5.41. The molecule has 0 aliphatic heterocycles. The lowest BCUT2D eigenvalue weighted by molar-refractivity contribution is -0.137. The first-order chi connectivity index (χ1) is 23.3. The van der Waals surface area contributed by atoms with Crippen LogP contribution in [0.1, 0.15) is 70.4 Å². The predicted octanol–water partition coefficient (Wildman–Crippen LogP) is 8.63. The number of nitrogens with one attached hydrogen (secondary N) is 2. The van der Waals surface area contributed by atoms with E-state index in [4.69, 9.17) is 4.55 Å². The normalized spacial score (nSPS) is 12.9. The SMILES string of the molecule is Cc1ccc(-c2ccc(NC(=O)C(Cc3ccc(C(=O)NCCS(=O)(=O)O)cc3)c3ccc(C=CC(C)(C)C)cc3)cc2C(F)(F)F)c(C)c1. The van der Waals surface area contributed by atoms with E-state index in [0.29, 0.717) is 22.3 Å². The third-order valence-corrected chi connectivity index (χ3v) is 8.72. The summed E-state index contributed by atoms with van der Waals surface area (Å²) in [4.78, 5) is 26.4. The second-order valence-electron chi connectivity index (χ2n) is 13.4. The zero-order valence-corrected chi connectivity index (χ0v) is 29.4. The van der Waals surface area contributed by atoms with Gasteiger partial charge in [0, 0.05) is 17.8 Å². The Labute approximate surface area is 291 Å². The third kappa shape index (κ3) is 10.9. The molecular formula is C39H41F3N2O5S. The summed E-state index contributed by atoms with van der Waals surface area (Å²) in [5, 5.41) is 5.13. The molecule has 11 heteroatoms. The molecule has 0 aliphatic rings. The van der Waals surface area contributed by atoms with E-state index in [-0.39, 0.29) is 35.2 Å². The molecule has 4 aromatic carbocycles. The highest BCUT2D eigenvalue weighted by Gasteiger charge is 2.35. The Kier molecular flexibility index (Phi) is 11.8. The van der Waals surface area contributed by atoms with Gasteiger partial charge in [-0.1, -0.05) is 99.2 Å². The van der Waals surface area contributed by atoms with Crippen LogP contribution >= 0.6 is 0 Å². The van der Waals surface area contributed by atoms with Crippen molar-refractivity contribution in [2.24, 2.45) is 5.41 Å². The van der Waals surface area contributed by atoms with E-state index in [1.807, 2.05) is 43.3 Å². The van der Waals surface area contributed by atoms with Crippen LogP contribution in [0.5, 0.6) is 0 Å². The van der Waals surface area contributed by atoms with Crippen LogP contribution in [0.3, 0.4) is 0 Å². The van der Waals surface area contributed by atoms with Crippen molar-refractivity contribution >= 4 is 33.7 Å². The van der Waals surface area contributed by atoms with Gasteiger partial charge >= 0.3 is 6.18 Å². The van der Waals surface area contributed by atoms with E-state index in [0.717, 1.165) is 17.2 Å². The van der Waals surface area contributed by atoms with Crippen molar-refractivity contribution in [1.29, 1.82) is 0 Å². The molecule has 1 unspecified atom stereocenters. The van der Waals surface area contributed by atoms with Gasteiger partial charge in [0.15, 0.2) is 0 Å². The number of hydrogen-bond donors (Lipinski definition) is 3. The molecule has 0 aromatic heterocycles. The lowest BCUT2D eigenvalue weighted by Gasteiger charge is -2.20. The second kappa shape index (κ2) is 15.4. The summed E-state index contributed by atoms with van der Waals surface area (Å²) < 4.78 is 73.9. The standard InChI is InChI=1S/C39H41F3N2O5S/c1-25-6-16-32(26(2)22-25)33-17-15-31(24-35(33)39(40,41)42)44-37(46)34(29-11-7-27(8-12-29)18-19-38(3,4)5)23-28-9-13-30(14-10-28)36(45)43-20-21-50(47,48)49/h6-19,22,24,34H,20-21,23H2,1-5H3,(H,43,45)(H,44,46)(H,47,48,49). The summed E-state index contributed by atoms with van der Waals surface area (Å²) in [5.41, 5.74) is 3.69. The first kappa shape index (κ1) is 38.1. The molecule has 4 rings (SSSR count). The number of hydrogen-bond acceptors (Lipinski definition) is 4. The molecule has 0 saturated carbocycles. The molecule has 4 aromatic rings. The quantitative estimate of drug-likeness (QED) is 0.135. The van der Waals surface area contributed by atoms with Gasteiger partial charge in [-0.05, 0) is 83.3 Å². The Hall–Kier alpha value is -4.74. The number of aryl methyl sites for hydroxylation is 2. The summed E-state index contributed by atoms with van der Waals surface area (Å²) in [6.45, 7) is 9.58. The summed E-state index contributed by atoms with van der Waals surface area (Å²) in [5.74, 6) is -2.49. The maximum Gasteiger partial charge on any atom is 0.417 e. The van der Waals surface area contributed by atoms with Crippen LogP contribution in [-0.2, 0) is 27.5 Å². The van der Waals surface area contributed by atoms with E-state index in [1.54, 1.807) is 31.2 Å². The predicted molar refractivity (Wildman–Crippen MR) is 192 cm³/mol. The van der Waals surface area contributed by atoms with Crippen LogP contribution in [0, 0.1) is 19.3 Å².